The molecule has 0 saturated carbocycles. The Morgan fingerprint density at radius 1 is 1.19 bits per heavy atom. The lowest BCUT2D eigenvalue weighted by molar-refractivity contribution is 0.0729. The van der Waals surface area contributed by atoms with E-state index < -0.39 is 0 Å². The fraction of sp³-hybridized carbons (Fsp3) is 0.435. The molecule has 0 aromatic heterocycles. The number of para-hydroxylation sites is 1. The van der Waals surface area contributed by atoms with Crippen LogP contribution in [0, 0.1) is 6.92 Å². The molecule has 1 heterocycles. The molecule has 1 aliphatic rings. The van der Waals surface area contributed by atoms with Crippen molar-refractivity contribution in [2.75, 3.05) is 13.2 Å². The molecule has 1 unspecified atom stereocenters. The van der Waals surface area contributed by atoms with Gasteiger partial charge in [0, 0.05) is 6.04 Å². The monoisotopic (exact) mass is 367 g/mol. The number of nitrogens with one attached hydrogen (secondary N) is 1. The van der Waals surface area contributed by atoms with E-state index in [4.69, 9.17) is 9.47 Å². The highest BCUT2D eigenvalue weighted by Gasteiger charge is 2.23. The third-order valence-electron chi connectivity index (χ3n) is 4.95. The number of carbonyl (C=O) groups is 1. The van der Waals surface area contributed by atoms with E-state index in [9.17, 15) is 4.79 Å². The highest BCUT2D eigenvalue weighted by molar-refractivity contribution is 5.95. The standard InChI is InChI=1S/C23H29NO3/c1-3-4-14-26-21-16-18(20-12-8-9-13-24-20)15-17(2)22(21)23(25)27-19-10-6-5-7-11-19/h5-7,10-11,15-16,20,24H,3-4,8-9,12-14H2,1-2H3. The summed E-state index contributed by atoms with van der Waals surface area (Å²) >= 11 is 0. The molecule has 144 valence electrons. The van der Waals surface area contributed by atoms with Gasteiger partial charge in [-0.05, 0) is 62.1 Å². The Morgan fingerprint density at radius 3 is 2.70 bits per heavy atom. The van der Waals surface area contributed by atoms with Crippen LogP contribution < -0.4 is 14.8 Å². The summed E-state index contributed by atoms with van der Waals surface area (Å²) in [6.45, 7) is 5.72. The summed E-state index contributed by atoms with van der Waals surface area (Å²) in [7, 11) is 0. The Bertz CT molecular complexity index is 752. The van der Waals surface area contributed by atoms with Crippen LogP contribution in [0.15, 0.2) is 42.5 Å². The summed E-state index contributed by atoms with van der Waals surface area (Å²) in [6, 6.07) is 13.6. The zero-order valence-corrected chi connectivity index (χ0v) is 16.3. The highest BCUT2D eigenvalue weighted by Crippen LogP contribution is 2.32. The predicted molar refractivity (Wildman–Crippen MR) is 108 cm³/mol. The van der Waals surface area contributed by atoms with Gasteiger partial charge in [-0.25, -0.2) is 4.79 Å². The Kier molecular flexibility index (Phi) is 6.88. The fourth-order valence-corrected chi connectivity index (χ4v) is 3.47. The maximum atomic E-state index is 12.9. The molecule has 4 nitrogen and oxygen atoms in total. The SMILES string of the molecule is CCCCOc1cc(C2CCCCN2)cc(C)c1C(=O)Oc1ccccc1. The third kappa shape index (κ3) is 5.10. The van der Waals surface area contributed by atoms with Crippen LogP contribution in [0.4, 0.5) is 0 Å². The minimum absolute atomic E-state index is 0.324. The summed E-state index contributed by atoms with van der Waals surface area (Å²) in [5.74, 6) is 0.805. The summed E-state index contributed by atoms with van der Waals surface area (Å²) < 4.78 is 11.6. The number of carbonyl (C=O) groups excluding carboxylic acids is 1. The fourth-order valence-electron chi connectivity index (χ4n) is 3.47. The molecule has 2 aromatic rings. The van der Waals surface area contributed by atoms with Gasteiger partial charge < -0.3 is 14.8 Å². The molecule has 27 heavy (non-hydrogen) atoms. The number of piperidine rings is 1. The van der Waals surface area contributed by atoms with Crippen LogP contribution in [0.3, 0.4) is 0 Å². The molecule has 1 N–H and O–H groups in total. The van der Waals surface area contributed by atoms with Crippen molar-refractivity contribution in [3.05, 3.63) is 59.2 Å². The first-order valence-electron chi connectivity index (χ1n) is 9.97. The molecule has 1 saturated heterocycles. The van der Waals surface area contributed by atoms with Gasteiger partial charge in [-0.1, -0.05) is 44.0 Å². The lowest BCUT2D eigenvalue weighted by Crippen LogP contribution is -2.27. The van der Waals surface area contributed by atoms with Gasteiger partial charge >= 0.3 is 5.97 Å². The average molecular weight is 367 g/mol. The van der Waals surface area contributed by atoms with Crippen molar-refractivity contribution in [1.29, 1.82) is 0 Å². The Balaban J connectivity index is 1.88. The minimum Gasteiger partial charge on any atom is -0.493 e. The summed E-state index contributed by atoms with van der Waals surface area (Å²) in [6.07, 6.45) is 5.56. The lowest BCUT2D eigenvalue weighted by atomic mass is 9.94. The largest absolute Gasteiger partial charge is 0.493 e. The molecule has 0 aliphatic carbocycles. The van der Waals surface area contributed by atoms with Gasteiger partial charge in [0.15, 0.2) is 0 Å². The maximum absolute atomic E-state index is 12.9. The normalized spacial score (nSPS) is 16.7. The van der Waals surface area contributed by atoms with Crippen LogP contribution in [0.1, 0.15) is 66.6 Å². The Labute approximate surface area is 161 Å². The van der Waals surface area contributed by atoms with Crippen molar-refractivity contribution < 1.29 is 14.3 Å². The number of esters is 1. The minimum atomic E-state index is -0.367. The molecular formula is C23H29NO3. The van der Waals surface area contributed by atoms with Crippen LogP contribution in [-0.4, -0.2) is 19.1 Å². The van der Waals surface area contributed by atoms with Crippen LogP contribution in [-0.2, 0) is 0 Å². The van der Waals surface area contributed by atoms with Gasteiger partial charge in [-0.15, -0.1) is 0 Å². The van der Waals surface area contributed by atoms with Crippen molar-refractivity contribution in [3.63, 3.8) is 0 Å². The number of hydrogen-bond donors (Lipinski definition) is 1. The third-order valence-corrected chi connectivity index (χ3v) is 4.95. The van der Waals surface area contributed by atoms with Gasteiger partial charge in [-0.2, -0.15) is 0 Å². The number of benzene rings is 2. The van der Waals surface area contributed by atoms with E-state index in [0.29, 0.717) is 29.7 Å². The van der Waals surface area contributed by atoms with Crippen LogP contribution >= 0.6 is 0 Å². The zero-order valence-electron chi connectivity index (χ0n) is 16.3. The summed E-state index contributed by atoms with van der Waals surface area (Å²) in [4.78, 5) is 12.9. The van der Waals surface area contributed by atoms with E-state index in [0.717, 1.165) is 31.4 Å². The molecule has 1 fully saturated rings. The van der Waals surface area contributed by atoms with E-state index in [2.05, 4.69) is 18.3 Å². The lowest BCUT2D eigenvalue weighted by Gasteiger charge is -2.25. The topological polar surface area (TPSA) is 47.6 Å². The van der Waals surface area contributed by atoms with Crippen molar-refractivity contribution in [2.45, 2.75) is 52.0 Å². The van der Waals surface area contributed by atoms with Crippen molar-refractivity contribution in [3.8, 4) is 11.5 Å². The second kappa shape index (κ2) is 9.56. The number of unbranched alkanes of at least 4 members (excludes halogenated alkanes) is 1. The number of hydrogen-bond acceptors (Lipinski definition) is 4. The average Bonchev–Trinajstić information content (AvgIpc) is 2.69. The second-order valence-corrected chi connectivity index (χ2v) is 7.12. The molecule has 0 bridgehead atoms. The number of aryl methyl sites for hydroxylation is 1. The van der Waals surface area contributed by atoms with Gasteiger partial charge in [0.1, 0.15) is 17.1 Å². The molecule has 3 rings (SSSR count). The molecule has 1 atom stereocenters. The first-order valence-corrected chi connectivity index (χ1v) is 9.97. The van der Waals surface area contributed by atoms with Gasteiger partial charge in [0.25, 0.3) is 0 Å². The quantitative estimate of drug-likeness (QED) is 0.415. The molecule has 4 heteroatoms. The van der Waals surface area contributed by atoms with Gasteiger partial charge in [-0.3, -0.25) is 0 Å². The van der Waals surface area contributed by atoms with Crippen LogP contribution in [0.2, 0.25) is 0 Å². The molecular weight excluding hydrogens is 338 g/mol. The number of ether oxygens (including phenoxy) is 2. The first kappa shape index (κ1) is 19.4. The summed E-state index contributed by atoms with van der Waals surface area (Å²) in [5.41, 5.74) is 2.61. The van der Waals surface area contributed by atoms with Gasteiger partial charge in [0.05, 0.1) is 6.61 Å². The number of rotatable bonds is 7. The van der Waals surface area contributed by atoms with E-state index in [1.165, 1.54) is 18.4 Å². The van der Waals surface area contributed by atoms with E-state index in [1.54, 1.807) is 12.1 Å². The second-order valence-electron chi connectivity index (χ2n) is 7.12. The molecule has 0 radical (unpaired) electrons. The zero-order chi connectivity index (χ0) is 19.1. The highest BCUT2D eigenvalue weighted by atomic mass is 16.5. The molecule has 0 amide bonds. The van der Waals surface area contributed by atoms with E-state index in [-0.39, 0.29) is 5.97 Å². The Hall–Kier alpha value is -2.33. The van der Waals surface area contributed by atoms with Crippen molar-refractivity contribution >= 4 is 5.97 Å². The Morgan fingerprint density at radius 2 is 2.00 bits per heavy atom. The summed E-state index contributed by atoms with van der Waals surface area (Å²) in [5, 5.41) is 3.57. The van der Waals surface area contributed by atoms with Crippen molar-refractivity contribution in [1.82, 2.24) is 5.32 Å². The first-order chi connectivity index (χ1) is 13.2. The van der Waals surface area contributed by atoms with Crippen LogP contribution in [0.25, 0.3) is 0 Å². The van der Waals surface area contributed by atoms with Crippen LogP contribution in [0.5, 0.6) is 11.5 Å². The van der Waals surface area contributed by atoms with E-state index in [1.807, 2.05) is 31.2 Å². The van der Waals surface area contributed by atoms with Gasteiger partial charge in [0.2, 0.25) is 0 Å². The predicted octanol–water partition coefficient (Wildman–Crippen LogP) is 5.21. The maximum Gasteiger partial charge on any atom is 0.347 e. The van der Waals surface area contributed by atoms with E-state index >= 15 is 0 Å². The smallest absolute Gasteiger partial charge is 0.347 e. The molecule has 2 aromatic carbocycles. The molecule has 1 aliphatic heterocycles. The molecule has 0 spiro atoms. The van der Waals surface area contributed by atoms with Crippen molar-refractivity contribution in [2.24, 2.45) is 0 Å².